The molecular weight excluding hydrogens is 164 g/mol. The van der Waals surface area contributed by atoms with E-state index in [2.05, 4.69) is 5.92 Å². The summed E-state index contributed by atoms with van der Waals surface area (Å²) < 4.78 is 0. The molecule has 0 aliphatic heterocycles. The van der Waals surface area contributed by atoms with Crippen LogP contribution in [0.3, 0.4) is 0 Å². The molecule has 2 nitrogen and oxygen atoms in total. The van der Waals surface area contributed by atoms with E-state index in [4.69, 9.17) is 6.42 Å². The SMILES string of the molecule is C#CC1(O)C(C)CC(=O)CC1(C)C. The Bertz CT molecular complexity index is 272. The molecule has 1 aliphatic carbocycles. The smallest absolute Gasteiger partial charge is 0.134 e. The number of carbonyl (C=O) groups excluding carboxylic acids is 1. The van der Waals surface area contributed by atoms with Crippen LogP contribution in [0.15, 0.2) is 0 Å². The van der Waals surface area contributed by atoms with Crippen LogP contribution in [-0.2, 0) is 4.79 Å². The first-order valence-corrected chi connectivity index (χ1v) is 4.55. The van der Waals surface area contributed by atoms with E-state index in [-0.39, 0.29) is 11.7 Å². The summed E-state index contributed by atoms with van der Waals surface area (Å²) in [6, 6.07) is 0. The lowest BCUT2D eigenvalue weighted by molar-refractivity contribution is -0.140. The Kier molecular flexibility index (Phi) is 2.25. The van der Waals surface area contributed by atoms with E-state index < -0.39 is 11.0 Å². The van der Waals surface area contributed by atoms with Gasteiger partial charge in [-0.1, -0.05) is 26.7 Å². The zero-order valence-electron chi connectivity index (χ0n) is 8.42. The lowest BCUT2D eigenvalue weighted by Crippen LogP contribution is -2.53. The number of aliphatic hydroxyl groups is 1. The van der Waals surface area contributed by atoms with Gasteiger partial charge < -0.3 is 5.11 Å². The van der Waals surface area contributed by atoms with Gasteiger partial charge in [-0.3, -0.25) is 4.79 Å². The molecule has 0 aromatic heterocycles. The zero-order chi connectivity index (χ0) is 10.3. The van der Waals surface area contributed by atoms with Gasteiger partial charge in [-0.05, 0) is 0 Å². The van der Waals surface area contributed by atoms with Crippen molar-refractivity contribution in [3.63, 3.8) is 0 Å². The highest BCUT2D eigenvalue weighted by Gasteiger charge is 2.51. The number of carbonyl (C=O) groups is 1. The molecule has 0 radical (unpaired) electrons. The van der Waals surface area contributed by atoms with Crippen molar-refractivity contribution in [2.75, 3.05) is 0 Å². The largest absolute Gasteiger partial charge is 0.377 e. The molecule has 1 saturated carbocycles. The van der Waals surface area contributed by atoms with Gasteiger partial charge in [0.15, 0.2) is 0 Å². The lowest BCUT2D eigenvalue weighted by Gasteiger charge is -2.46. The van der Waals surface area contributed by atoms with Crippen molar-refractivity contribution in [1.82, 2.24) is 0 Å². The fourth-order valence-corrected chi connectivity index (χ4v) is 2.19. The van der Waals surface area contributed by atoms with Crippen LogP contribution >= 0.6 is 0 Å². The first-order valence-electron chi connectivity index (χ1n) is 4.55. The number of ketones is 1. The van der Waals surface area contributed by atoms with Crippen LogP contribution in [0, 0.1) is 23.7 Å². The van der Waals surface area contributed by atoms with E-state index >= 15 is 0 Å². The summed E-state index contributed by atoms with van der Waals surface area (Å²) in [4.78, 5) is 11.3. The predicted molar refractivity (Wildman–Crippen MR) is 51.0 cm³/mol. The van der Waals surface area contributed by atoms with Crippen LogP contribution in [0.25, 0.3) is 0 Å². The molecule has 72 valence electrons. The Hall–Kier alpha value is -0.810. The topological polar surface area (TPSA) is 37.3 Å². The summed E-state index contributed by atoms with van der Waals surface area (Å²) in [6.45, 7) is 5.53. The van der Waals surface area contributed by atoms with Gasteiger partial charge in [0.25, 0.3) is 0 Å². The molecule has 0 spiro atoms. The molecule has 2 unspecified atom stereocenters. The van der Waals surface area contributed by atoms with Crippen molar-refractivity contribution in [3.05, 3.63) is 0 Å². The molecule has 2 heteroatoms. The van der Waals surface area contributed by atoms with Crippen LogP contribution in [-0.4, -0.2) is 16.5 Å². The monoisotopic (exact) mass is 180 g/mol. The molecule has 0 aromatic rings. The Morgan fingerprint density at radius 3 is 2.54 bits per heavy atom. The van der Waals surface area contributed by atoms with Crippen molar-refractivity contribution < 1.29 is 9.90 Å². The minimum Gasteiger partial charge on any atom is -0.377 e. The molecule has 1 rings (SSSR count). The van der Waals surface area contributed by atoms with E-state index in [1.165, 1.54) is 0 Å². The molecular formula is C11H16O2. The first kappa shape index (κ1) is 10.3. The molecule has 0 amide bonds. The van der Waals surface area contributed by atoms with Crippen molar-refractivity contribution in [2.24, 2.45) is 11.3 Å². The number of hydrogen-bond donors (Lipinski definition) is 1. The Labute approximate surface area is 79.3 Å². The van der Waals surface area contributed by atoms with Crippen LogP contribution in [0.1, 0.15) is 33.6 Å². The van der Waals surface area contributed by atoms with Crippen LogP contribution in [0.2, 0.25) is 0 Å². The molecule has 0 heterocycles. The quantitative estimate of drug-likeness (QED) is 0.572. The molecule has 0 aromatic carbocycles. The predicted octanol–water partition coefficient (Wildman–Crippen LogP) is 1.38. The first-order chi connectivity index (χ1) is 5.83. The van der Waals surface area contributed by atoms with Gasteiger partial charge >= 0.3 is 0 Å². The van der Waals surface area contributed by atoms with Crippen LogP contribution in [0.5, 0.6) is 0 Å². The standard InChI is InChI=1S/C11H16O2/c1-5-11(13)8(2)6-9(12)7-10(11,3)4/h1,8,13H,6-7H2,2-4H3. The second-order valence-corrected chi connectivity index (χ2v) is 4.62. The maximum atomic E-state index is 11.3. The number of Topliss-reactive ketones (excluding diaryl/α,β-unsaturated/α-hetero) is 1. The maximum Gasteiger partial charge on any atom is 0.134 e. The number of terminal acetylenes is 1. The van der Waals surface area contributed by atoms with Gasteiger partial charge in [0.2, 0.25) is 0 Å². The number of rotatable bonds is 0. The van der Waals surface area contributed by atoms with Crippen LogP contribution < -0.4 is 0 Å². The summed E-state index contributed by atoms with van der Waals surface area (Å²) in [6.07, 6.45) is 6.10. The van der Waals surface area contributed by atoms with Gasteiger partial charge in [0.1, 0.15) is 11.4 Å². The third kappa shape index (κ3) is 1.38. The Morgan fingerprint density at radius 2 is 2.15 bits per heavy atom. The third-order valence-electron chi connectivity index (χ3n) is 3.14. The van der Waals surface area contributed by atoms with Gasteiger partial charge in [-0.15, -0.1) is 6.42 Å². The highest BCUT2D eigenvalue weighted by Crippen LogP contribution is 2.45. The maximum absolute atomic E-state index is 11.3. The average molecular weight is 180 g/mol. The highest BCUT2D eigenvalue weighted by atomic mass is 16.3. The van der Waals surface area contributed by atoms with Crippen molar-refractivity contribution >= 4 is 5.78 Å². The third-order valence-corrected chi connectivity index (χ3v) is 3.14. The molecule has 1 aliphatic rings. The summed E-state index contributed by atoms with van der Waals surface area (Å²) >= 11 is 0. The van der Waals surface area contributed by atoms with Gasteiger partial charge in [-0.2, -0.15) is 0 Å². The molecule has 13 heavy (non-hydrogen) atoms. The molecule has 1 fully saturated rings. The normalized spacial score (nSPS) is 38.4. The van der Waals surface area contributed by atoms with Gasteiger partial charge in [-0.25, -0.2) is 0 Å². The summed E-state index contributed by atoms with van der Waals surface area (Å²) in [5.41, 5.74) is -1.64. The molecule has 0 saturated heterocycles. The van der Waals surface area contributed by atoms with E-state index in [1.54, 1.807) is 0 Å². The molecule has 1 N–H and O–H groups in total. The molecule has 2 atom stereocenters. The minimum atomic E-state index is -1.14. The lowest BCUT2D eigenvalue weighted by atomic mass is 9.61. The second-order valence-electron chi connectivity index (χ2n) is 4.62. The van der Waals surface area contributed by atoms with E-state index in [9.17, 15) is 9.90 Å². The number of hydrogen-bond acceptors (Lipinski definition) is 2. The minimum absolute atomic E-state index is 0.145. The van der Waals surface area contributed by atoms with Crippen molar-refractivity contribution in [1.29, 1.82) is 0 Å². The summed E-state index contributed by atoms with van der Waals surface area (Å²) in [5, 5.41) is 10.2. The van der Waals surface area contributed by atoms with E-state index in [0.29, 0.717) is 12.8 Å². The fourth-order valence-electron chi connectivity index (χ4n) is 2.19. The summed E-state index contributed by atoms with van der Waals surface area (Å²) in [7, 11) is 0. The molecule has 0 bridgehead atoms. The fraction of sp³-hybridized carbons (Fsp3) is 0.727. The highest BCUT2D eigenvalue weighted by molar-refractivity contribution is 5.81. The zero-order valence-corrected chi connectivity index (χ0v) is 8.42. The van der Waals surface area contributed by atoms with Crippen molar-refractivity contribution in [3.8, 4) is 12.3 Å². The van der Waals surface area contributed by atoms with E-state index in [0.717, 1.165) is 0 Å². The summed E-state index contributed by atoms with van der Waals surface area (Å²) in [5.74, 6) is 2.49. The van der Waals surface area contributed by atoms with Gasteiger partial charge in [0.05, 0.1) is 0 Å². The van der Waals surface area contributed by atoms with E-state index in [1.807, 2.05) is 20.8 Å². The Balaban J connectivity index is 3.08. The van der Waals surface area contributed by atoms with Crippen LogP contribution in [0.4, 0.5) is 0 Å². The van der Waals surface area contributed by atoms with Crippen molar-refractivity contribution in [2.45, 2.75) is 39.2 Å². The second kappa shape index (κ2) is 2.85. The average Bonchev–Trinajstić information content (AvgIpc) is 1.98. The Morgan fingerprint density at radius 1 is 1.62 bits per heavy atom. The van der Waals surface area contributed by atoms with Gasteiger partial charge in [0, 0.05) is 24.2 Å².